The van der Waals surface area contributed by atoms with Gasteiger partial charge in [-0.2, -0.15) is 0 Å². The minimum Gasteiger partial charge on any atom is -0.0836 e. The molecule has 0 aliphatic heterocycles. The third-order valence-electron chi connectivity index (χ3n) is 3.68. The molecule has 0 spiro atoms. The fourth-order valence-corrected chi connectivity index (χ4v) is 3.24. The Morgan fingerprint density at radius 1 is 1.25 bits per heavy atom. The van der Waals surface area contributed by atoms with E-state index in [9.17, 15) is 0 Å². The molecule has 1 heteroatoms. The van der Waals surface area contributed by atoms with Crippen LogP contribution in [0.2, 0.25) is 0 Å². The van der Waals surface area contributed by atoms with Gasteiger partial charge in [-0.05, 0) is 48.3 Å². The van der Waals surface area contributed by atoms with Crippen molar-refractivity contribution in [3.63, 3.8) is 0 Å². The Hall–Kier alpha value is -0.300. The number of benzene rings is 1. The molecule has 16 heavy (non-hydrogen) atoms. The Morgan fingerprint density at radius 3 is 2.75 bits per heavy atom. The Labute approximate surface area is 108 Å². The monoisotopic (exact) mass is 280 g/mol. The highest BCUT2D eigenvalue weighted by molar-refractivity contribution is 9.09. The number of fused-ring (bicyclic) bond motifs is 1. The standard InChI is InChI=1S/C15H21Br/c1-3-5-11(2)15(16)14-9-8-12-6-4-7-13(12)10-14/h8-11,15H,3-7H2,1-2H3. The molecule has 88 valence electrons. The van der Waals surface area contributed by atoms with Gasteiger partial charge < -0.3 is 0 Å². The van der Waals surface area contributed by atoms with Gasteiger partial charge in [-0.15, -0.1) is 0 Å². The molecule has 0 saturated carbocycles. The number of hydrogen-bond acceptors (Lipinski definition) is 0. The van der Waals surface area contributed by atoms with Crippen LogP contribution in [0.15, 0.2) is 18.2 Å². The van der Waals surface area contributed by atoms with Gasteiger partial charge in [0.15, 0.2) is 0 Å². The lowest BCUT2D eigenvalue weighted by molar-refractivity contribution is 0.518. The lowest BCUT2D eigenvalue weighted by Crippen LogP contribution is -2.03. The molecule has 0 saturated heterocycles. The van der Waals surface area contributed by atoms with E-state index < -0.39 is 0 Å². The third-order valence-corrected chi connectivity index (χ3v) is 5.12. The first-order chi connectivity index (χ1) is 7.72. The Kier molecular flexibility index (Phi) is 4.07. The van der Waals surface area contributed by atoms with Crippen molar-refractivity contribution in [2.75, 3.05) is 0 Å². The molecule has 1 aromatic rings. The topological polar surface area (TPSA) is 0 Å². The van der Waals surface area contributed by atoms with E-state index in [-0.39, 0.29) is 0 Å². The average Bonchev–Trinajstić information content (AvgIpc) is 2.75. The molecule has 0 amide bonds. The first-order valence-electron chi connectivity index (χ1n) is 6.48. The van der Waals surface area contributed by atoms with Crippen molar-refractivity contribution in [2.45, 2.75) is 50.8 Å². The normalized spacial score (nSPS) is 18.2. The van der Waals surface area contributed by atoms with Crippen molar-refractivity contribution in [1.29, 1.82) is 0 Å². The summed E-state index contributed by atoms with van der Waals surface area (Å²) < 4.78 is 0. The minimum absolute atomic E-state index is 0.526. The van der Waals surface area contributed by atoms with Gasteiger partial charge in [0, 0.05) is 4.83 Å². The van der Waals surface area contributed by atoms with Gasteiger partial charge in [0.25, 0.3) is 0 Å². The zero-order valence-electron chi connectivity index (χ0n) is 10.3. The molecule has 0 bridgehead atoms. The van der Waals surface area contributed by atoms with E-state index in [1.54, 1.807) is 11.1 Å². The molecule has 0 N–H and O–H groups in total. The molecule has 0 radical (unpaired) electrons. The van der Waals surface area contributed by atoms with Crippen molar-refractivity contribution < 1.29 is 0 Å². The highest BCUT2D eigenvalue weighted by Crippen LogP contribution is 2.35. The van der Waals surface area contributed by atoms with Crippen LogP contribution in [-0.4, -0.2) is 0 Å². The van der Waals surface area contributed by atoms with Crippen LogP contribution >= 0.6 is 15.9 Å². The van der Waals surface area contributed by atoms with Crippen LogP contribution in [0.1, 0.15) is 54.6 Å². The zero-order valence-corrected chi connectivity index (χ0v) is 11.9. The van der Waals surface area contributed by atoms with E-state index in [0.29, 0.717) is 4.83 Å². The predicted molar refractivity (Wildman–Crippen MR) is 74.2 cm³/mol. The molecule has 0 heterocycles. The smallest absolute Gasteiger partial charge is 0.0420 e. The molecule has 0 nitrogen and oxygen atoms in total. The van der Waals surface area contributed by atoms with Crippen molar-refractivity contribution >= 4 is 15.9 Å². The molecular weight excluding hydrogens is 260 g/mol. The van der Waals surface area contributed by atoms with Gasteiger partial charge in [0.2, 0.25) is 0 Å². The van der Waals surface area contributed by atoms with Gasteiger partial charge >= 0.3 is 0 Å². The van der Waals surface area contributed by atoms with E-state index >= 15 is 0 Å². The van der Waals surface area contributed by atoms with E-state index in [4.69, 9.17) is 0 Å². The van der Waals surface area contributed by atoms with Crippen molar-refractivity contribution in [3.05, 3.63) is 34.9 Å². The molecular formula is C15H21Br. The van der Waals surface area contributed by atoms with E-state index in [2.05, 4.69) is 48.0 Å². The summed E-state index contributed by atoms with van der Waals surface area (Å²) in [6.07, 6.45) is 6.48. The molecule has 1 aliphatic carbocycles. The summed E-state index contributed by atoms with van der Waals surface area (Å²) in [5, 5.41) is 0. The summed E-state index contributed by atoms with van der Waals surface area (Å²) in [5.41, 5.74) is 4.64. The summed E-state index contributed by atoms with van der Waals surface area (Å²) in [5.74, 6) is 0.726. The van der Waals surface area contributed by atoms with Crippen LogP contribution in [0.25, 0.3) is 0 Å². The SMILES string of the molecule is CCCC(C)C(Br)c1ccc2c(c1)CCC2. The minimum atomic E-state index is 0.526. The second kappa shape index (κ2) is 5.35. The second-order valence-electron chi connectivity index (χ2n) is 5.05. The summed E-state index contributed by atoms with van der Waals surface area (Å²) in [4.78, 5) is 0.526. The van der Waals surface area contributed by atoms with E-state index in [1.807, 2.05) is 0 Å². The molecule has 1 aliphatic rings. The Balaban J connectivity index is 2.14. The van der Waals surface area contributed by atoms with Gasteiger partial charge in [0.05, 0.1) is 0 Å². The molecule has 2 unspecified atom stereocenters. The van der Waals surface area contributed by atoms with Crippen molar-refractivity contribution in [3.8, 4) is 0 Å². The second-order valence-corrected chi connectivity index (χ2v) is 6.04. The van der Waals surface area contributed by atoms with Crippen LogP contribution in [0.4, 0.5) is 0 Å². The van der Waals surface area contributed by atoms with Crippen LogP contribution in [-0.2, 0) is 12.8 Å². The summed E-state index contributed by atoms with van der Waals surface area (Å²) >= 11 is 3.86. The number of aryl methyl sites for hydroxylation is 2. The quantitative estimate of drug-likeness (QED) is 0.678. The fourth-order valence-electron chi connectivity index (χ4n) is 2.69. The summed E-state index contributed by atoms with van der Waals surface area (Å²) in [7, 11) is 0. The first-order valence-corrected chi connectivity index (χ1v) is 7.39. The largest absolute Gasteiger partial charge is 0.0836 e. The molecule has 2 atom stereocenters. The lowest BCUT2D eigenvalue weighted by atomic mass is 9.95. The highest BCUT2D eigenvalue weighted by atomic mass is 79.9. The maximum atomic E-state index is 3.86. The average molecular weight is 281 g/mol. The van der Waals surface area contributed by atoms with Crippen LogP contribution in [0.3, 0.4) is 0 Å². The number of rotatable bonds is 4. The molecule has 2 rings (SSSR count). The van der Waals surface area contributed by atoms with Crippen LogP contribution < -0.4 is 0 Å². The van der Waals surface area contributed by atoms with E-state index in [1.165, 1.54) is 37.7 Å². The van der Waals surface area contributed by atoms with Gasteiger partial charge in [-0.3, -0.25) is 0 Å². The van der Waals surface area contributed by atoms with Crippen LogP contribution in [0.5, 0.6) is 0 Å². The molecule has 0 aromatic heterocycles. The number of alkyl halides is 1. The Bertz CT molecular complexity index is 356. The highest BCUT2D eigenvalue weighted by Gasteiger charge is 2.18. The first kappa shape index (κ1) is 12.2. The van der Waals surface area contributed by atoms with E-state index in [0.717, 1.165) is 5.92 Å². The summed E-state index contributed by atoms with van der Waals surface area (Å²) in [6.45, 7) is 4.61. The van der Waals surface area contributed by atoms with Crippen LogP contribution in [0, 0.1) is 5.92 Å². The number of halogens is 1. The number of hydrogen-bond donors (Lipinski definition) is 0. The van der Waals surface area contributed by atoms with Gasteiger partial charge in [-0.1, -0.05) is 54.4 Å². The lowest BCUT2D eigenvalue weighted by Gasteiger charge is -2.19. The van der Waals surface area contributed by atoms with Crippen molar-refractivity contribution in [2.24, 2.45) is 5.92 Å². The maximum Gasteiger partial charge on any atom is 0.0420 e. The zero-order chi connectivity index (χ0) is 11.5. The van der Waals surface area contributed by atoms with Gasteiger partial charge in [-0.25, -0.2) is 0 Å². The molecule has 0 fully saturated rings. The fraction of sp³-hybridized carbons (Fsp3) is 0.600. The van der Waals surface area contributed by atoms with Crippen molar-refractivity contribution in [1.82, 2.24) is 0 Å². The molecule has 1 aromatic carbocycles. The predicted octanol–water partition coefficient (Wildman–Crippen LogP) is 5.05. The summed E-state index contributed by atoms with van der Waals surface area (Å²) in [6, 6.07) is 7.08. The third kappa shape index (κ3) is 2.51. The maximum absolute atomic E-state index is 3.86. The Morgan fingerprint density at radius 2 is 2.00 bits per heavy atom. The van der Waals surface area contributed by atoms with Gasteiger partial charge in [0.1, 0.15) is 0 Å².